The molecule has 1 saturated heterocycles. The summed E-state index contributed by atoms with van der Waals surface area (Å²) in [6.07, 6.45) is 0. The molecule has 0 radical (unpaired) electrons. The number of hydrogen-bond acceptors (Lipinski definition) is 4. The molecule has 1 fully saturated rings. The highest BCUT2D eigenvalue weighted by atomic mass is 35.5. The van der Waals surface area contributed by atoms with Crippen molar-refractivity contribution in [1.29, 1.82) is 5.26 Å². The number of nitriles is 1. The van der Waals surface area contributed by atoms with E-state index < -0.39 is 10.0 Å². The molecule has 0 bridgehead atoms. The first kappa shape index (κ1) is 14.3. The van der Waals surface area contributed by atoms with Gasteiger partial charge in [-0.3, -0.25) is 0 Å². The lowest BCUT2D eigenvalue weighted by Crippen LogP contribution is -2.58. The van der Waals surface area contributed by atoms with Gasteiger partial charge in [-0.25, -0.2) is 8.42 Å². The van der Waals surface area contributed by atoms with Crippen molar-refractivity contribution in [2.75, 3.05) is 19.6 Å². The van der Waals surface area contributed by atoms with E-state index in [2.05, 4.69) is 5.32 Å². The fraction of sp³-hybridized carbons (Fsp3) is 0.417. The van der Waals surface area contributed by atoms with Gasteiger partial charge in [0.15, 0.2) is 0 Å². The molecule has 7 heteroatoms. The van der Waals surface area contributed by atoms with Gasteiger partial charge in [-0.15, -0.1) is 0 Å². The molecule has 0 unspecified atom stereocenters. The number of sulfonamides is 1. The van der Waals surface area contributed by atoms with Crippen LogP contribution in [0.15, 0.2) is 23.1 Å². The summed E-state index contributed by atoms with van der Waals surface area (Å²) in [5.74, 6) is 0. The van der Waals surface area contributed by atoms with Crippen LogP contribution in [0.2, 0.25) is 5.02 Å². The van der Waals surface area contributed by atoms with E-state index in [1.807, 2.05) is 6.07 Å². The molecule has 1 aromatic carbocycles. The van der Waals surface area contributed by atoms with Gasteiger partial charge in [-0.2, -0.15) is 9.57 Å². The van der Waals surface area contributed by atoms with Crippen LogP contribution in [0.3, 0.4) is 0 Å². The summed E-state index contributed by atoms with van der Waals surface area (Å²) >= 11 is 5.97. The second-order valence-corrected chi connectivity index (χ2v) is 6.54. The van der Waals surface area contributed by atoms with Crippen LogP contribution < -0.4 is 5.32 Å². The molecule has 0 atom stereocenters. The Morgan fingerprint density at radius 1 is 1.53 bits per heavy atom. The second kappa shape index (κ2) is 5.47. The van der Waals surface area contributed by atoms with E-state index in [-0.39, 0.29) is 21.5 Å². The fourth-order valence-electron chi connectivity index (χ4n) is 2.00. The van der Waals surface area contributed by atoms with Gasteiger partial charge in [0.25, 0.3) is 0 Å². The Labute approximate surface area is 117 Å². The van der Waals surface area contributed by atoms with E-state index in [0.717, 1.165) is 0 Å². The molecule has 1 aliphatic heterocycles. The van der Waals surface area contributed by atoms with Crippen LogP contribution in [0.25, 0.3) is 0 Å². The molecule has 1 heterocycles. The highest BCUT2D eigenvalue weighted by Gasteiger charge is 2.34. The maximum Gasteiger partial charge on any atom is 0.244 e. The zero-order valence-electron chi connectivity index (χ0n) is 10.4. The van der Waals surface area contributed by atoms with Crippen molar-refractivity contribution < 1.29 is 8.42 Å². The largest absolute Gasteiger partial charge is 0.313 e. The Bertz CT molecular complexity index is 620. The molecule has 5 nitrogen and oxygen atoms in total. The summed E-state index contributed by atoms with van der Waals surface area (Å²) in [7, 11) is -3.66. The van der Waals surface area contributed by atoms with Gasteiger partial charge >= 0.3 is 0 Å². The van der Waals surface area contributed by atoms with Crippen LogP contribution in [0, 0.1) is 11.3 Å². The number of halogens is 1. The second-order valence-electron chi connectivity index (χ2n) is 4.28. The minimum Gasteiger partial charge on any atom is -0.313 e. The monoisotopic (exact) mass is 299 g/mol. The van der Waals surface area contributed by atoms with Crippen molar-refractivity contribution in [1.82, 2.24) is 9.62 Å². The summed E-state index contributed by atoms with van der Waals surface area (Å²) in [5.41, 5.74) is 0.283. The Balaban J connectivity index is 2.46. The molecule has 19 heavy (non-hydrogen) atoms. The number of likely N-dealkylation sites (N-methyl/N-ethyl adjacent to an activating group) is 1. The van der Waals surface area contributed by atoms with Gasteiger partial charge in [0, 0.05) is 19.6 Å². The van der Waals surface area contributed by atoms with Crippen molar-refractivity contribution in [2.45, 2.75) is 17.9 Å². The number of benzene rings is 1. The van der Waals surface area contributed by atoms with Crippen LogP contribution in [0.4, 0.5) is 0 Å². The lowest BCUT2D eigenvalue weighted by atomic mass is 10.2. The molecule has 102 valence electrons. The molecule has 1 aromatic rings. The Morgan fingerprint density at radius 3 is 2.68 bits per heavy atom. The van der Waals surface area contributed by atoms with E-state index in [1.54, 1.807) is 6.92 Å². The van der Waals surface area contributed by atoms with Gasteiger partial charge in [-0.05, 0) is 18.2 Å². The fourth-order valence-corrected chi connectivity index (χ4v) is 4.13. The zero-order valence-corrected chi connectivity index (χ0v) is 12.0. The van der Waals surface area contributed by atoms with E-state index >= 15 is 0 Å². The van der Waals surface area contributed by atoms with Gasteiger partial charge in [0.05, 0.1) is 22.7 Å². The third-order valence-electron chi connectivity index (χ3n) is 3.13. The average molecular weight is 300 g/mol. The Morgan fingerprint density at radius 2 is 2.21 bits per heavy atom. The van der Waals surface area contributed by atoms with Gasteiger partial charge in [0.2, 0.25) is 10.0 Å². The average Bonchev–Trinajstić information content (AvgIpc) is 2.33. The standard InChI is InChI=1S/C12H14ClN3O2S/c1-2-16(10-7-15-8-10)19(17,18)12-5-9(6-14)3-4-11(12)13/h3-5,10,15H,2,7-8H2,1H3. The summed E-state index contributed by atoms with van der Waals surface area (Å²) in [6, 6.07) is 6.15. The van der Waals surface area contributed by atoms with Crippen LogP contribution >= 0.6 is 11.6 Å². The first-order valence-corrected chi connectivity index (χ1v) is 7.74. The Hall–Kier alpha value is -1.13. The molecular weight excluding hydrogens is 286 g/mol. The predicted octanol–water partition coefficient (Wildman–Crippen LogP) is 1.19. The molecule has 0 spiro atoms. The lowest BCUT2D eigenvalue weighted by molar-refractivity contribution is 0.249. The molecule has 0 saturated carbocycles. The minimum absolute atomic E-state index is 0.00182. The highest BCUT2D eigenvalue weighted by Crippen LogP contribution is 2.27. The van der Waals surface area contributed by atoms with Gasteiger partial charge in [0.1, 0.15) is 4.90 Å². The van der Waals surface area contributed by atoms with Crippen LogP contribution in [-0.2, 0) is 10.0 Å². The van der Waals surface area contributed by atoms with Gasteiger partial charge in [-0.1, -0.05) is 18.5 Å². The number of rotatable bonds is 4. The van der Waals surface area contributed by atoms with E-state index in [1.165, 1.54) is 22.5 Å². The zero-order chi connectivity index (χ0) is 14.0. The summed E-state index contributed by atoms with van der Waals surface area (Å²) < 4.78 is 26.6. The molecule has 1 aliphatic rings. The maximum absolute atomic E-state index is 12.6. The summed E-state index contributed by atoms with van der Waals surface area (Å²) in [6.45, 7) is 3.45. The smallest absolute Gasteiger partial charge is 0.244 e. The van der Waals surface area contributed by atoms with Crippen molar-refractivity contribution in [3.8, 4) is 6.07 Å². The SMILES string of the molecule is CCN(C1CNC1)S(=O)(=O)c1cc(C#N)ccc1Cl. The van der Waals surface area contributed by atoms with E-state index in [0.29, 0.717) is 19.6 Å². The minimum atomic E-state index is -3.66. The molecule has 0 amide bonds. The van der Waals surface area contributed by atoms with Crippen LogP contribution in [-0.4, -0.2) is 38.4 Å². The lowest BCUT2D eigenvalue weighted by Gasteiger charge is -2.36. The quantitative estimate of drug-likeness (QED) is 0.906. The van der Waals surface area contributed by atoms with Gasteiger partial charge < -0.3 is 5.32 Å². The van der Waals surface area contributed by atoms with Crippen molar-refractivity contribution in [3.05, 3.63) is 28.8 Å². The third-order valence-corrected chi connectivity index (χ3v) is 5.63. The highest BCUT2D eigenvalue weighted by molar-refractivity contribution is 7.89. The van der Waals surface area contributed by atoms with Crippen LogP contribution in [0.1, 0.15) is 12.5 Å². The number of nitrogens with one attached hydrogen (secondary N) is 1. The van der Waals surface area contributed by atoms with Crippen molar-refractivity contribution in [3.63, 3.8) is 0 Å². The van der Waals surface area contributed by atoms with E-state index in [4.69, 9.17) is 16.9 Å². The molecule has 0 aliphatic carbocycles. The number of nitrogens with zero attached hydrogens (tertiary/aromatic N) is 2. The first-order valence-electron chi connectivity index (χ1n) is 5.93. The summed E-state index contributed by atoms with van der Waals surface area (Å²) in [4.78, 5) is 0.00182. The first-order chi connectivity index (χ1) is 9.00. The van der Waals surface area contributed by atoms with Crippen LogP contribution in [0.5, 0.6) is 0 Å². The molecule has 0 aromatic heterocycles. The summed E-state index contributed by atoms with van der Waals surface area (Å²) in [5, 5.41) is 12.1. The van der Waals surface area contributed by atoms with E-state index in [9.17, 15) is 8.42 Å². The molecule has 2 rings (SSSR count). The normalized spacial score (nSPS) is 16.1. The Kier molecular flexibility index (Phi) is 4.11. The predicted molar refractivity (Wildman–Crippen MR) is 72.4 cm³/mol. The van der Waals surface area contributed by atoms with Crippen molar-refractivity contribution >= 4 is 21.6 Å². The maximum atomic E-state index is 12.6. The topological polar surface area (TPSA) is 73.2 Å². The van der Waals surface area contributed by atoms with Crippen molar-refractivity contribution in [2.24, 2.45) is 0 Å². The molecular formula is C12H14ClN3O2S. The number of hydrogen-bond donors (Lipinski definition) is 1. The third kappa shape index (κ3) is 2.60. The molecule has 1 N–H and O–H groups in total.